The van der Waals surface area contributed by atoms with Crippen LogP contribution in [0.25, 0.3) is 0 Å². The molecule has 0 aliphatic carbocycles. The van der Waals surface area contributed by atoms with Crippen molar-refractivity contribution in [3.05, 3.63) is 54.1 Å². The van der Waals surface area contributed by atoms with E-state index in [4.69, 9.17) is 9.47 Å². The minimum atomic E-state index is -1.15. The highest BCUT2D eigenvalue weighted by atomic mass is 16.6. The van der Waals surface area contributed by atoms with E-state index in [0.29, 0.717) is 48.8 Å². The molecule has 2 heterocycles. The van der Waals surface area contributed by atoms with Crippen molar-refractivity contribution in [3.8, 4) is 11.5 Å². The predicted octanol–water partition coefficient (Wildman–Crippen LogP) is 2.64. The summed E-state index contributed by atoms with van der Waals surface area (Å²) in [4.78, 5) is 39.4. The number of nitrogens with zero attached hydrogens (tertiary/aromatic N) is 1. The fourth-order valence-electron chi connectivity index (χ4n) is 3.84. The summed E-state index contributed by atoms with van der Waals surface area (Å²) in [6, 6.07) is 13.6. The van der Waals surface area contributed by atoms with E-state index in [0.717, 1.165) is 4.90 Å². The number of nitrogens with one attached hydrogen (secondary N) is 2. The first kappa shape index (κ1) is 19.8. The number of carbonyl (C=O) groups is 3. The summed E-state index contributed by atoms with van der Waals surface area (Å²) in [7, 11) is 0. The number of benzene rings is 2. The molecule has 8 heteroatoms. The van der Waals surface area contributed by atoms with E-state index in [2.05, 4.69) is 10.6 Å². The summed E-state index contributed by atoms with van der Waals surface area (Å²) in [5, 5.41) is 5.53. The zero-order chi connectivity index (χ0) is 21.1. The molecule has 30 heavy (non-hydrogen) atoms. The monoisotopic (exact) mass is 409 g/mol. The molecule has 2 aromatic carbocycles. The molecule has 0 spiro atoms. The van der Waals surface area contributed by atoms with E-state index >= 15 is 0 Å². The number of anilines is 1. The lowest BCUT2D eigenvalue weighted by Crippen LogP contribution is -2.44. The van der Waals surface area contributed by atoms with Crippen LogP contribution in [0.4, 0.5) is 10.5 Å². The van der Waals surface area contributed by atoms with E-state index < -0.39 is 23.4 Å². The number of amides is 4. The third-order valence-corrected chi connectivity index (χ3v) is 5.19. The molecular weight excluding hydrogens is 386 g/mol. The second-order valence-corrected chi connectivity index (χ2v) is 7.25. The summed E-state index contributed by atoms with van der Waals surface area (Å²) >= 11 is 0. The van der Waals surface area contributed by atoms with Crippen LogP contribution < -0.4 is 20.1 Å². The highest BCUT2D eigenvalue weighted by molar-refractivity contribution is 6.10. The van der Waals surface area contributed by atoms with Crippen LogP contribution in [0.15, 0.2) is 48.5 Å². The molecular formula is C22H23N3O5. The number of urea groups is 1. The third-order valence-electron chi connectivity index (χ3n) is 5.19. The molecule has 2 aliphatic rings. The molecule has 2 aromatic rings. The van der Waals surface area contributed by atoms with Crippen LogP contribution in [-0.4, -0.2) is 42.5 Å². The molecule has 0 bridgehead atoms. The van der Waals surface area contributed by atoms with E-state index in [-0.39, 0.29) is 6.54 Å². The fourth-order valence-corrected chi connectivity index (χ4v) is 3.84. The van der Waals surface area contributed by atoms with Gasteiger partial charge in [-0.05, 0) is 24.1 Å². The van der Waals surface area contributed by atoms with Gasteiger partial charge in [0.2, 0.25) is 5.91 Å². The minimum absolute atomic E-state index is 0.378. The molecule has 2 N–H and O–H groups in total. The molecule has 0 unspecified atom stereocenters. The average Bonchev–Trinajstić information content (AvgIpc) is 2.99. The van der Waals surface area contributed by atoms with Gasteiger partial charge in [0.15, 0.2) is 11.5 Å². The normalized spacial score (nSPS) is 20.1. The van der Waals surface area contributed by atoms with Gasteiger partial charge in [0.25, 0.3) is 5.91 Å². The standard InChI is InChI=1S/C22H23N3O5/c1-2-10-22(15-6-4-3-5-7-15)20(27)25(21(28)24-22)14-19(26)23-16-8-9-17-18(13-16)30-12-11-29-17/h3-9,13H,2,10-12,14H2,1H3,(H,23,26)(H,24,28)/t22-/m1/s1. The Hall–Kier alpha value is -3.55. The van der Waals surface area contributed by atoms with Gasteiger partial charge in [-0.1, -0.05) is 43.7 Å². The van der Waals surface area contributed by atoms with Crippen LogP contribution in [-0.2, 0) is 15.1 Å². The molecule has 156 valence electrons. The van der Waals surface area contributed by atoms with Crippen molar-refractivity contribution in [1.29, 1.82) is 0 Å². The number of hydrogen-bond donors (Lipinski definition) is 2. The number of fused-ring (bicyclic) bond motifs is 1. The molecule has 0 saturated carbocycles. The number of carbonyl (C=O) groups excluding carboxylic acids is 3. The molecule has 8 nitrogen and oxygen atoms in total. The van der Waals surface area contributed by atoms with Crippen molar-refractivity contribution >= 4 is 23.5 Å². The second-order valence-electron chi connectivity index (χ2n) is 7.25. The van der Waals surface area contributed by atoms with Gasteiger partial charge < -0.3 is 20.1 Å². The molecule has 0 aromatic heterocycles. The van der Waals surface area contributed by atoms with E-state index in [1.165, 1.54) is 0 Å². The Morgan fingerprint density at radius 2 is 1.83 bits per heavy atom. The molecule has 4 rings (SSSR count). The topological polar surface area (TPSA) is 97.0 Å². The summed E-state index contributed by atoms with van der Waals surface area (Å²) < 4.78 is 11.0. The fraction of sp³-hybridized carbons (Fsp3) is 0.318. The maximum Gasteiger partial charge on any atom is 0.325 e. The third kappa shape index (κ3) is 3.56. The van der Waals surface area contributed by atoms with Crippen molar-refractivity contribution < 1.29 is 23.9 Å². The van der Waals surface area contributed by atoms with Crippen LogP contribution in [0.5, 0.6) is 11.5 Å². The second kappa shape index (κ2) is 8.06. The minimum Gasteiger partial charge on any atom is -0.486 e. The Labute approximate surface area is 174 Å². The first-order chi connectivity index (χ1) is 14.5. The molecule has 1 fully saturated rings. The smallest absolute Gasteiger partial charge is 0.325 e. The lowest BCUT2D eigenvalue weighted by Gasteiger charge is -2.26. The van der Waals surface area contributed by atoms with Gasteiger partial charge in [0.05, 0.1) is 0 Å². The zero-order valence-corrected chi connectivity index (χ0v) is 16.6. The van der Waals surface area contributed by atoms with Crippen LogP contribution in [0.1, 0.15) is 25.3 Å². The Morgan fingerprint density at radius 3 is 2.57 bits per heavy atom. The lowest BCUT2D eigenvalue weighted by molar-refractivity contribution is -0.134. The summed E-state index contributed by atoms with van der Waals surface area (Å²) in [6.07, 6.45) is 1.14. The van der Waals surface area contributed by atoms with Crippen molar-refractivity contribution in [2.24, 2.45) is 0 Å². The van der Waals surface area contributed by atoms with Gasteiger partial charge in [0.1, 0.15) is 25.3 Å². The predicted molar refractivity (Wildman–Crippen MR) is 109 cm³/mol. The van der Waals surface area contributed by atoms with Gasteiger partial charge >= 0.3 is 6.03 Å². The van der Waals surface area contributed by atoms with Gasteiger partial charge in [-0.15, -0.1) is 0 Å². The number of ether oxygens (including phenoxy) is 2. The van der Waals surface area contributed by atoms with Gasteiger partial charge in [-0.3, -0.25) is 14.5 Å². The number of hydrogen-bond acceptors (Lipinski definition) is 5. The first-order valence-electron chi connectivity index (χ1n) is 9.92. The Morgan fingerprint density at radius 1 is 1.10 bits per heavy atom. The molecule has 0 radical (unpaired) electrons. The quantitative estimate of drug-likeness (QED) is 0.715. The molecule has 4 amide bonds. The van der Waals surface area contributed by atoms with Gasteiger partial charge in [-0.25, -0.2) is 4.79 Å². The van der Waals surface area contributed by atoms with E-state index in [1.807, 2.05) is 37.3 Å². The maximum atomic E-state index is 13.2. The molecule has 1 saturated heterocycles. The summed E-state index contributed by atoms with van der Waals surface area (Å²) in [6.45, 7) is 2.48. The van der Waals surface area contributed by atoms with Crippen molar-refractivity contribution in [2.45, 2.75) is 25.3 Å². The molecule has 2 aliphatic heterocycles. The van der Waals surface area contributed by atoms with Crippen LogP contribution in [0.2, 0.25) is 0 Å². The number of rotatable bonds is 6. The largest absolute Gasteiger partial charge is 0.486 e. The maximum absolute atomic E-state index is 13.2. The Kier molecular flexibility index (Phi) is 5.31. The number of imide groups is 1. The first-order valence-corrected chi connectivity index (χ1v) is 9.92. The van der Waals surface area contributed by atoms with Crippen molar-refractivity contribution in [1.82, 2.24) is 10.2 Å². The van der Waals surface area contributed by atoms with Gasteiger partial charge in [-0.2, -0.15) is 0 Å². The van der Waals surface area contributed by atoms with Crippen LogP contribution in [0, 0.1) is 0 Å². The van der Waals surface area contributed by atoms with E-state index in [1.54, 1.807) is 18.2 Å². The highest BCUT2D eigenvalue weighted by Gasteiger charge is 2.52. The zero-order valence-electron chi connectivity index (χ0n) is 16.6. The highest BCUT2D eigenvalue weighted by Crippen LogP contribution is 2.34. The van der Waals surface area contributed by atoms with E-state index in [9.17, 15) is 14.4 Å². The van der Waals surface area contributed by atoms with Gasteiger partial charge in [0, 0.05) is 11.8 Å². The summed E-state index contributed by atoms with van der Waals surface area (Å²) in [5.74, 6) is 0.258. The Balaban J connectivity index is 1.49. The SMILES string of the molecule is CCC[C@]1(c2ccccc2)NC(=O)N(CC(=O)Nc2ccc3c(c2)OCCO3)C1=O. The van der Waals surface area contributed by atoms with Crippen molar-refractivity contribution in [3.63, 3.8) is 0 Å². The molecule has 1 atom stereocenters. The average molecular weight is 409 g/mol. The van der Waals surface area contributed by atoms with Crippen molar-refractivity contribution in [2.75, 3.05) is 25.1 Å². The van der Waals surface area contributed by atoms with Crippen LogP contribution >= 0.6 is 0 Å². The Bertz CT molecular complexity index is 978. The lowest BCUT2D eigenvalue weighted by atomic mass is 9.85. The summed E-state index contributed by atoms with van der Waals surface area (Å²) in [5.41, 5.74) is 0.0591. The van der Waals surface area contributed by atoms with Crippen LogP contribution in [0.3, 0.4) is 0 Å².